The van der Waals surface area contributed by atoms with Crippen LogP contribution < -0.4 is 11.1 Å². The molecule has 1 aromatic heterocycles. The van der Waals surface area contributed by atoms with Crippen molar-refractivity contribution in [1.82, 2.24) is 4.98 Å². The second kappa shape index (κ2) is 7.63. The molecule has 2 rings (SSSR count). The monoisotopic (exact) mass is 387 g/mol. The molecule has 4 N–H and O–H groups in total. The lowest BCUT2D eigenvalue weighted by atomic mass is 10.1. The largest absolute Gasteiger partial charge is 0.383 e. The van der Waals surface area contributed by atoms with Gasteiger partial charge in [-0.3, -0.25) is 4.79 Å². The summed E-state index contributed by atoms with van der Waals surface area (Å²) < 4.78 is 23.8. The third-order valence-corrected chi connectivity index (χ3v) is 5.21. The van der Waals surface area contributed by atoms with Gasteiger partial charge < -0.3 is 16.0 Å². The van der Waals surface area contributed by atoms with Gasteiger partial charge in [-0.25, -0.2) is 13.4 Å². The van der Waals surface area contributed by atoms with Crippen molar-refractivity contribution in [2.24, 2.45) is 10.7 Å². The molecule has 142 valence electrons. The number of carbonyl (C=O) groups is 1. The molecule has 8 nitrogen and oxygen atoms in total. The fourth-order valence-electron chi connectivity index (χ4n) is 2.58. The van der Waals surface area contributed by atoms with E-state index in [1.807, 2.05) is 13.0 Å². The van der Waals surface area contributed by atoms with Crippen molar-refractivity contribution >= 4 is 33.1 Å². The van der Waals surface area contributed by atoms with Crippen LogP contribution in [0.3, 0.4) is 0 Å². The highest BCUT2D eigenvalue weighted by atomic mass is 32.2. The summed E-state index contributed by atoms with van der Waals surface area (Å²) in [6.45, 7) is 5.15. The lowest BCUT2D eigenvalue weighted by Gasteiger charge is -2.10. The predicted octanol–water partition coefficient (Wildman–Crippen LogP) is 2.29. The number of amides is 1. The Morgan fingerprint density at radius 2 is 2.04 bits per heavy atom. The Morgan fingerprint density at radius 1 is 1.37 bits per heavy atom. The number of aromatic amines is 1. The van der Waals surface area contributed by atoms with E-state index >= 15 is 0 Å². The minimum absolute atomic E-state index is 0.0765. The van der Waals surface area contributed by atoms with Crippen LogP contribution in [-0.4, -0.2) is 31.4 Å². The first-order chi connectivity index (χ1) is 12.6. The number of H-pyrrole nitrogens is 1. The lowest BCUT2D eigenvalue weighted by molar-refractivity contribution is -0.115. The summed E-state index contributed by atoms with van der Waals surface area (Å²) in [5, 5.41) is 12.2. The Balaban J connectivity index is 2.52. The Morgan fingerprint density at radius 3 is 2.59 bits per heavy atom. The summed E-state index contributed by atoms with van der Waals surface area (Å²) >= 11 is 0. The molecule has 2 aromatic rings. The molecule has 0 saturated carbocycles. The fraction of sp³-hybridized carbons (Fsp3) is 0.278. The Kier molecular flexibility index (Phi) is 5.71. The van der Waals surface area contributed by atoms with E-state index in [2.05, 4.69) is 15.3 Å². The van der Waals surface area contributed by atoms with Crippen molar-refractivity contribution < 1.29 is 13.2 Å². The van der Waals surface area contributed by atoms with Crippen LogP contribution in [0.25, 0.3) is 0 Å². The first-order valence-corrected chi connectivity index (χ1v) is 10.0. The van der Waals surface area contributed by atoms with Crippen LogP contribution in [0.15, 0.2) is 28.1 Å². The quantitative estimate of drug-likeness (QED) is 0.533. The highest BCUT2D eigenvalue weighted by Crippen LogP contribution is 2.29. The van der Waals surface area contributed by atoms with Crippen molar-refractivity contribution in [3.05, 3.63) is 40.6 Å². The van der Waals surface area contributed by atoms with Crippen LogP contribution in [0.1, 0.15) is 35.7 Å². The van der Waals surface area contributed by atoms with E-state index in [9.17, 15) is 18.5 Å². The maximum absolute atomic E-state index is 11.9. The SMILES string of the molecule is CCC(=O)Nc1cc(/C(N)=N/c2[nH]c(C)c(S(C)(=O)=O)c2C#N)ccc1C. The van der Waals surface area contributed by atoms with Crippen molar-refractivity contribution in [2.45, 2.75) is 32.1 Å². The molecule has 1 amide bonds. The van der Waals surface area contributed by atoms with Gasteiger partial charge in [-0.2, -0.15) is 5.26 Å². The highest BCUT2D eigenvalue weighted by Gasteiger charge is 2.23. The molecule has 0 aliphatic heterocycles. The average molecular weight is 387 g/mol. The number of benzene rings is 1. The lowest BCUT2D eigenvalue weighted by Crippen LogP contribution is -2.15. The van der Waals surface area contributed by atoms with Gasteiger partial charge in [0.1, 0.15) is 22.4 Å². The molecule has 0 radical (unpaired) electrons. The molecule has 0 fully saturated rings. The number of aryl methyl sites for hydroxylation is 2. The number of rotatable bonds is 5. The van der Waals surface area contributed by atoms with Crippen LogP contribution in [-0.2, 0) is 14.6 Å². The zero-order valence-electron chi connectivity index (χ0n) is 15.5. The van der Waals surface area contributed by atoms with E-state index in [-0.39, 0.29) is 28.0 Å². The van der Waals surface area contributed by atoms with Gasteiger partial charge in [-0.15, -0.1) is 0 Å². The van der Waals surface area contributed by atoms with E-state index in [1.165, 1.54) is 0 Å². The summed E-state index contributed by atoms with van der Waals surface area (Å²) in [7, 11) is -3.60. The number of nitriles is 1. The van der Waals surface area contributed by atoms with Gasteiger partial charge >= 0.3 is 0 Å². The number of hydrogen-bond acceptors (Lipinski definition) is 5. The van der Waals surface area contributed by atoms with Crippen molar-refractivity contribution in [1.29, 1.82) is 5.26 Å². The highest BCUT2D eigenvalue weighted by molar-refractivity contribution is 7.90. The molecule has 0 aliphatic rings. The zero-order chi connectivity index (χ0) is 20.4. The molecule has 1 aromatic carbocycles. The maximum Gasteiger partial charge on any atom is 0.224 e. The van der Waals surface area contributed by atoms with Crippen molar-refractivity contribution in [3.63, 3.8) is 0 Å². The molecule has 0 atom stereocenters. The van der Waals surface area contributed by atoms with Gasteiger partial charge in [-0.1, -0.05) is 19.1 Å². The summed E-state index contributed by atoms with van der Waals surface area (Å²) in [5.41, 5.74) is 8.30. The molecule has 0 bridgehead atoms. The third-order valence-electron chi connectivity index (χ3n) is 3.95. The predicted molar refractivity (Wildman–Crippen MR) is 104 cm³/mol. The number of nitrogens with zero attached hydrogens (tertiary/aromatic N) is 2. The van der Waals surface area contributed by atoms with Gasteiger partial charge in [0.15, 0.2) is 15.7 Å². The van der Waals surface area contributed by atoms with Gasteiger partial charge in [0, 0.05) is 29.6 Å². The Bertz CT molecular complexity index is 1080. The molecule has 0 aliphatic carbocycles. The minimum Gasteiger partial charge on any atom is -0.383 e. The summed E-state index contributed by atoms with van der Waals surface area (Å²) in [6.07, 6.45) is 1.37. The summed E-state index contributed by atoms with van der Waals surface area (Å²) in [4.78, 5) is 18.6. The number of amidine groups is 1. The van der Waals surface area contributed by atoms with Crippen molar-refractivity contribution in [2.75, 3.05) is 11.6 Å². The van der Waals surface area contributed by atoms with Gasteiger partial charge in [0.25, 0.3) is 0 Å². The second-order valence-electron chi connectivity index (χ2n) is 6.12. The molecule has 0 spiro atoms. The number of carbonyl (C=O) groups excluding carboxylic acids is 1. The Labute approximate surface area is 158 Å². The van der Waals surface area contributed by atoms with Crippen LogP contribution >= 0.6 is 0 Å². The Hall–Kier alpha value is -3.12. The van der Waals surface area contributed by atoms with Crippen LogP contribution in [0.4, 0.5) is 11.5 Å². The number of hydrogen-bond donors (Lipinski definition) is 3. The number of aromatic nitrogens is 1. The molecule has 27 heavy (non-hydrogen) atoms. The number of nitrogens with two attached hydrogens (primary N) is 1. The third kappa shape index (κ3) is 4.35. The van der Waals surface area contributed by atoms with Crippen molar-refractivity contribution in [3.8, 4) is 6.07 Å². The van der Waals surface area contributed by atoms with E-state index in [0.29, 0.717) is 23.4 Å². The first-order valence-electron chi connectivity index (χ1n) is 8.16. The number of anilines is 1. The summed E-state index contributed by atoms with van der Waals surface area (Å²) in [6, 6.07) is 7.07. The van der Waals surface area contributed by atoms with Crippen LogP contribution in [0.5, 0.6) is 0 Å². The molecule has 0 unspecified atom stereocenters. The fourth-order valence-corrected chi connectivity index (χ4v) is 3.70. The maximum atomic E-state index is 11.9. The average Bonchev–Trinajstić information content (AvgIpc) is 2.91. The normalized spacial score (nSPS) is 11.9. The molecular weight excluding hydrogens is 366 g/mol. The number of sulfone groups is 1. The second-order valence-corrected chi connectivity index (χ2v) is 8.07. The van der Waals surface area contributed by atoms with E-state index < -0.39 is 9.84 Å². The van der Waals surface area contributed by atoms with Gasteiger partial charge in [0.2, 0.25) is 5.91 Å². The molecule has 0 saturated heterocycles. The van der Waals surface area contributed by atoms with E-state index in [4.69, 9.17) is 5.73 Å². The smallest absolute Gasteiger partial charge is 0.224 e. The summed E-state index contributed by atoms with van der Waals surface area (Å²) in [5.74, 6) is 0.0303. The molecular formula is C18H21N5O3S. The minimum atomic E-state index is -3.60. The van der Waals surface area contributed by atoms with Crippen LogP contribution in [0.2, 0.25) is 0 Å². The van der Waals surface area contributed by atoms with Gasteiger partial charge in [0.05, 0.1) is 0 Å². The van der Waals surface area contributed by atoms with Gasteiger partial charge in [-0.05, 0) is 25.5 Å². The zero-order valence-corrected chi connectivity index (χ0v) is 16.4. The number of nitrogens with one attached hydrogen (secondary N) is 2. The molecule has 1 heterocycles. The topological polar surface area (TPSA) is 141 Å². The molecule has 9 heteroatoms. The number of aliphatic imine (C=N–C) groups is 1. The van der Waals surface area contributed by atoms with E-state index in [1.54, 1.807) is 32.0 Å². The first kappa shape index (κ1) is 20.2. The van der Waals surface area contributed by atoms with E-state index in [0.717, 1.165) is 11.8 Å². The standard InChI is InChI=1S/C18H21N5O3S/c1-5-15(24)22-14-8-12(7-6-10(14)2)17(20)23-18-13(9-19)16(11(3)21-18)27(4,25)26/h6-8,21H,5H2,1-4H3,(H2,20,23)(H,22,24). The van der Waals surface area contributed by atoms with Crippen LogP contribution in [0, 0.1) is 25.2 Å².